The van der Waals surface area contributed by atoms with Crippen LogP contribution in [0.4, 0.5) is 17.6 Å². The van der Waals surface area contributed by atoms with Gasteiger partial charge in [0.25, 0.3) is 0 Å². The molecule has 216 valence electrons. The van der Waals surface area contributed by atoms with Crippen LogP contribution in [0.5, 0.6) is 0 Å². The fraction of sp³-hybridized carbons (Fsp3) is 0.710. The Labute approximate surface area is 237 Å². The van der Waals surface area contributed by atoms with Gasteiger partial charge in [0.2, 0.25) is 11.9 Å². The minimum Gasteiger partial charge on any atom is -0.351 e. The van der Waals surface area contributed by atoms with Gasteiger partial charge in [0.15, 0.2) is 5.82 Å². The van der Waals surface area contributed by atoms with E-state index in [1.807, 2.05) is 6.07 Å². The Balaban J connectivity index is 0.926. The lowest BCUT2D eigenvalue weighted by Crippen LogP contribution is -2.40. The van der Waals surface area contributed by atoms with Crippen molar-refractivity contribution < 1.29 is 9.59 Å². The number of hydrogen-bond donors (Lipinski definition) is 3. The highest BCUT2D eigenvalue weighted by Crippen LogP contribution is 2.35. The second-order valence-corrected chi connectivity index (χ2v) is 12.8. The number of carbonyl (C=O) groups is 2. The molecular weight excluding hydrogens is 502 g/mol. The molecule has 0 aromatic carbocycles. The maximum atomic E-state index is 13.0. The molecule has 4 aliphatic rings. The predicted octanol–water partition coefficient (Wildman–Crippen LogP) is 6.10. The Morgan fingerprint density at radius 3 is 2.58 bits per heavy atom. The number of likely N-dealkylation sites (tertiary alicyclic amines) is 1. The molecule has 6 rings (SSSR count). The first-order valence-electron chi connectivity index (χ1n) is 15.8. The van der Waals surface area contributed by atoms with E-state index in [-0.39, 0.29) is 0 Å². The fourth-order valence-electron chi connectivity index (χ4n) is 7.68. The van der Waals surface area contributed by atoms with E-state index in [9.17, 15) is 9.59 Å². The summed E-state index contributed by atoms with van der Waals surface area (Å²) in [5.74, 6) is 4.44. The summed E-state index contributed by atoms with van der Waals surface area (Å²) in [5, 5.41) is 14.5. The molecule has 3 heterocycles. The first kappa shape index (κ1) is 27.2. The Morgan fingerprint density at radius 1 is 0.950 bits per heavy atom. The summed E-state index contributed by atoms with van der Waals surface area (Å²) >= 11 is 0. The summed E-state index contributed by atoms with van der Waals surface area (Å²) in [6, 6.07) is 4.68. The van der Waals surface area contributed by atoms with E-state index < -0.39 is 0 Å². The van der Waals surface area contributed by atoms with E-state index in [2.05, 4.69) is 41.8 Å². The zero-order chi connectivity index (χ0) is 27.3. The summed E-state index contributed by atoms with van der Waals surface area (Å²) in [6.45, 7) is 0.915. The highest BCUT2D eigenvalue weighted by Gasteiger charge is 2.33. The summed E-state index contributed by atoms with van der Waals surface area (Å²) in [5.41, 5.74) is 1.21. The maximum absolute atomic E-state index is 13.0. The molecule has 0 spiro atoms. The molecule has 0 radical (unpaired) electrons. The van der Waals surface area contributed by atoms with Crippen LogP contribution >= 0.6 is 0 Å². The smallest absolute Gasteiger partial charge is 0.224 e. The van der Waals surface area contributed by atoms with Crippen molar-refractivity contribution in [3.63, 3.8) is 0 Å². The molecule has 2 aromatic heterocycles. The van der Waals surface area contributed by atoms with E-state index in [1.165, 1.54) is 31.4 Å². The highest BCUT2D eigenvalue weighted by atomic mass is 16.2. The molecule has 2 aromatic rings. The SMILES string of the molecule is O=C(CC1CCC(Nc2nccc(Nc3cc(C4CCCC4)[nH]n3)n2)CC1)CC1CCCC(N2CCCC2=O)C1. The molecule has 9 nitrogen and oxygen atoms in total. The lowest BCUT2D eigenvalue weighted by molar-refractivity contribution is -0.130. The fourth-order valence-corrected chi connectivity index (χ4v) is 7.68. The molecule has 2 atom stereocenters. The number of aromatic amines is 1. The predicted molar refractivity (Wildman–Crippen MR) is 155 cm³/mol. The number of hydrogen-bond acceptors (Lipinski definition) is 7. The highest BCUT2D eigenvalue weighted by molar-refractivity contribution is 5.79. The first-order valence-corrected chi connectivity index (χ1v) is 15.8. The van der Waals surface area contributed by atoms with Gasteiger partial charge < -0.3 is 15.5 Å². The van der Waals surface area contributed by atoms with Gasteiger partial charge in [-0.3, -0.25) is 14.7 Å². The van der Waals surface area contributed by atoms with E-state index in [1.54, 1.807) is 6.20 Å². The number of aromatic nitrogens is 4. The van der Waals surface area contributed by atoms with Gasteiger partial charge >= 0.3 is 0 Å². The van der Waals surface area contributed by atoms with Crippen LogP contribution in [-0.2, 0) is 9.59 Å². The number of anilines is 3. The third kappa shape index (κ3) is 6.84. The number of carbonyl (C=O) groups excluding carboxylic acids is 2. The minimum atomic E-state index is 0.321. The van der Waals surface area contributed by atoms with Crippen molar-refractivity contribution in [3.8, 4) is 0 Å². The second kappa shape index (κ2) is 12.7. The average molecular weight is 548 g/mol. The van der Waals surface area contributed by atoms with Crippen LogP contribution in [0, 0.1) is 11.8 Å². The monoisotopic (exact) mass is 547 g/mol. The van der Waals surface area contributed by atoms with Crippen molar-refractivity contribution in [2.75, 3.05) is 17.2 Å². The van der Waals surface area contributed by atoms with Crippen molar-refractivity contribution >= 4 is 29.3 Å². The van der Waals surface area contributed by atoms with E-state index in [0.717, 1.165) is 76.0 Å². The van der Waals surface area contributed by atoms with Crippen molar-refractivity contribution in [2.45, 2.75) is 121 Å². The van der Waals surface area contributed by atoms with Crippen LogP contribution < -0.4 is 10.6 Å². The number of ketones is 1. The first-order chi connectivity index (χ1) is 19.6. The molecule has 0 bridgehead atoms. The molecule has 9 heteroatoms. The van der Waals surface area contributed by atoms with Crippen molar-refractivity contribution in [1.29, 1.82) is 0 Å². The molecule has 3 saturated carbocycles. The van der Waals surface area contributed by atoms with Crippen molar-refractivity contribution in [3.05, 3.63) is 24.0 Å². The van der Waals surface area contributed by atoms with Crippen LogP contribution in [0.1, 0.15) is 114 Å². The third-order valence-electron chi connectivity index (χ3n) is 9.82. The Bertz CT molecular complexity index is 1150. The summed E-state index contributed by atoms with van der Waals surface area (Å²) < 4.78 is 0. The standard InChI is InChI=1S/C31H45N7O2/c39-26(19-22-5-3-8-25(17-22)38-16-4-9-30(38)40)18-21-10-12-24(13-11-21)33-31-32-15-14-28(35-31)34-29-20-27(36-37-29)23-6-1-2-7-23/h14-15,20-25H,1-13,16-19H2,(H3,32,33,34,35,36,37). The van der Waals surface area contributed by atoms with Crippen molar-refractivity contribution in [1.82, 2.24) is 25.1 Å². The lowest BCUT2D eigenvalue weighted by Gasteiger charge is -2.35. The molecule has 1 amide bonds. The molecule has 4 fully saturated rings. The van der Waals surface area contributed by atoms with Gasteiger partial charge in [-0.25, -0.2) is 4.98 Å². The molecule has 1 saturated heterocycles. The summed E-state index contributed by atoms with van der Waals surface area (Å²) in [7, 11) is 0. The molecule has 3 N–H and O–H groups in total. The van der Waals surface area contributed by atoms with Crippen LogP contribution in [0.2, 0.25) is 0 Å². The largest absolute Gasteiger partial charge is 0.351 e. The molecule has 2 unspecified atom stereocenters. The number of rotatable bonds is 10. The molecular formula is C31H45N7O2. The Hall–Kier alpha value is -2.97. The van der Waals surface area contributed by atoms with Crippen LogP contribution in [0.15, 0.2) is 18.3 Å². The van der Waals surface area contributed by atoms with Gasteiger partial charge in [0, 0.05) is 61.8 Å². The molecule has 3 aliphatic carbocycles. The number of Topliss-reactive ketones (excluding diaryl/α,β-unsaturated/α-hetero) is 1. The van der Waals surface area contributed by atoms with Crippen LogP contribution in [-0.4, -0.2) is 55.4 Å². The van der Waals surface area contributed by atoms with Crippen LogP contribution in [0.25, 0.3) is 0 Å². The van der Waals surface area contributed by atoms with E-state index in [0.29, 0.717) is 66.7 Å². The molecule has 1 aliphatic heterocycles. The Morgan fingerprint density at radius 2 is 1.77 bits per heavy atom. The van der Waals surface area contributed by atoms with Crippen LogP contribution in [0.3, 0.4) is 0 Å². The normalized spacial score (nSPS) is 27.7. The van der Waals surface area contributed by atoms with E-state index in [4.69, 9.17) is 0 Å². The van der Waals surface area contributed by atoms with Gasteiger partial charge in [-0.05, 0) is 82.1 Å². The minimum absolute atomic E-state index is 0.321. The zero-order valence-corrected chi connectivity index (χ0v) is 23.7. The number of amides is 1. The van der Waals surface area contributed by atoms with Gasteiger partial charge in [-0.1, -0.05) is 19.3 Å². The van der Waals surface area contributed by atoms with E-state index >= 15 is 0 Å². The summed E-state index contributed by atoms with van der Waals surface area (Å²) in [6.07, 6.45) is 18.6. The van der Waals surface area contributed by atoms with Crippen molar-refractivity contribution in [2.24, 2.45) is 11.8 Å². The zero-order valence-electron chi connectivity index (χ0n) is 23.7. The lowest BCUT2D eigenvalue weighted by atomic mass is 9.79. The third-order valence-corrected chi connectivity index (χ3v) is 9.82. The van der Waals surface area contributed by atoms with Gasteiger partial charge in [-0.15, -0.1) is 0 Å². The van der Waals surface area contributed by atoms with Gasteiger partial charge in [0.1, 0.15) is 11.6 Å². The van der Waals surface area contributed by atoms with Gasteiger partial charge in [0.05, 0.1) is 0 Å². The molecule has 40 heavy (non-hydrogen) atoms. The average Bonchev–Trinajstić information content (AvgIpc) is 3.73. The maximum Gasteiger partial charge on any atom is 0.224 e. The second-order valence-electron chi connectivity index (χ2n) is 12.8. The number of nitrogens with one attached hydrogen (secondary N) is 3. The topological polar surface area (TPSA) is 116 Å². The summed E-state index contributed by atoms with van der Waals surface area (Å²) in [4.78, 5) is 36.4. The quantitative estimate of drug-likeness (QED) is 0.329. The number of nitrogens with zero attached hydrogens (tertiary/aromatic N) is 4. The Kier molecular flexibility index (Phi) is 8.63. The van der Waals surface area contributed by atoms with Gasteiger partial charge in [-0.2, -0.15) is 10.1 Å². The number of H-pyrrole nitrogens is 1.